The number of hydrogen-bond acceptors (Lipinski definition) is 7. The Labute approximate surface area is 153 Å². The fourth-order valence-electron chi connectivity index (χ4n) is 2.77. The molecule has 1 aliphatic heterocycles. The Balaban J connectivity index is 1.83. The predicted molar refractivity (Wildman–Crippen MR) is 98.7 cm³/mol. The Hall–Kier alpha value is -2.96. The van der Waals surface area contributed by atoms with Crippen molar-refractivity contribution in [1.29, 1.82) is 0 Å². The van der Waals surface area contributed by atoms with Crippen molar-refractivity contribution in [2.45, 2.75) is 13.0 Å². The molecule has 1 aromatic carbocycles. The smallest absolute Gasteiger partial charge is 0.224 e. The molecule has 7 heteroatoms. The summed E-state index contributed by atoms with van der Waals surface area (Å²) in [4.78, 5) is 8.88. The second-order valence-electron chi connectivity index (χ2n) is 5.69. The van der Waals surface area contributed by atoms with E-state index >= 15 is 0 Å². The third-order valence-corrected chi connectivity index (χ3v) is 4.02. The van der Waals surface area contributed by atoms with Gasteiger partial charge in [-0.05, 0) is 36.2 Å². The second kappa shape index (κ2) is 8.42. The molecule has 0 saturated heterocycles. The van der Waals surface area contributed by atoms with Crippen molar-refractivity contribution in [3.63, 3.8) is 0 Å². The molecule has 7 nitrogen and oxygen atoms in total. The van der Waals surface area contributed by atoms with Crippen LogP contribution in [0, 0.1) is 0 Å². The highest BCUT2D eigenvalue weighted by Crippen LogP contribution is 2.38. The molecule has 0 bridgehead atoms. The molecule has 0 fully saturated rings. The summed E-state index contributed by atoms with van der Waals surface area (Å²) in [6.45, 7) is 2.03. The van der Waals surface area contributed by atoms with Crippen LogP contribution in [-0.2, 0) is 6.61 Å². The van der Waals surface area contributed by atoms with E-state index in [-0.39, 0.29) is 0 Å². The van der Waals surface area contributed by atoms with Crippen molar-refractivity contribution in [2.75, 3.05) is 34.4 Å². The first-order chi connectivity index (χ1) is 12.8. The minimum absolute atomic E-state index is 0.313. The van der Waals surface area contributed by atoms with Crippen molar-refractivity contribution in [2.24, 2.45) is 4.99 Å². The number of pyridine rings is 1. The van der Waals surface area contributed by atoms with E-state index in [1.165, 1.54) is 0 Å². The van der Waals surface area contributed by atoms with Gasteiger partial charge in [-0.25, -0.2) is 4.98 Å². The molecule has 138 valence electrons. The van der Waals surface area contributed by atoms with Gasteiger partial charge in [0.15, 0.2) is 11.5 Å². The normalized spacial score (nSPS) is 13.4. The van der Waals surface area contributed by atoms with Gasteiger partial charge in [-0.1, -0.05) is 0 Å². The molecule has 2 aromatic rings. The van der Waals surface area contributed by atoms with Crippen molar-refractivity contribution in [1.82, 2.24) is 10.3 Å². The first-order valence-corrected chi connectivity index (χ1v) is 8.42. The third-order valence-electron chi connectivity index (χ3n) is 4.02. The molecule has 3 rings (SSSR count). The number of nitrogens with one attached hydrogen (secondary N) is 1. The van der Waals surface area contributed by atoms with Crippen LogP contribution in [0.4, 0.5) is 0 Å². The van der Waals surface area contributed by atoms with Crippen LogP contribution in [-0.4, -0.2) is 45.2 Å². The SMILES string of the molecule is COc1cc(COc2ncccc2C2=NCCCN2)cc(OC)c1OC. The summed E-state index contributed by atoms with van der Waals surface area (Å²) in [7, 11) is 4.76. The zero-order valence-corrected chi connectivity index (χ0v) is 15.2. The molecule has 0 atom stereocenters. The number of rotatable bonds is 7. The van der Waals surface area contributed by atoms with E-state index in [0.717, 1.165) is 36.5 Å². The Kier molecular flexibility index (Phi) is 5.78. The summed E-state index contributed by atoms with van der Waals surface area (Å²) in [6.07, 6.45) is 2.74. The molecule has 0 unspecified atom stereocenters. The molecule has 0 saturated carbocycles. The van der Waals surface area contributed by atoms with Gasteiger partial charge in [0.25, 0.3) is 0 Å². The van der Waals surface area contributed by atoms with Gasteiger partial charge in [-0.3, -0.25) is 4.99 Å². The second-order valence-corrected chi connectivity index (χ2v) is 5.69. The Morgan fingerprint density at radius 2 is 1.85 bits per heavy atom. The topological polar surface area (TPSA) is 74.2 Å². The Morgan fingerprint density at radius 3 is 2.46 bits per heavy atom. The van der Waals surface area contributed by atoms with Crippen LogP contribution in [0.2, 0.25) is 0 Å². The Bertz CT molecular complexity index is 767. The maximum absolute atomic E-state index is 5.97. The first kappa shape index (κ1) is 17.8. The van der Waals surface area contributed by atoms with Gasteiger partial charge in [-0.2, -0.15) is 0 Å². The predicted octanol–water partition coefficient (Wildman–Crippen LogP) is 2.43. The minimum atomic E-state index is 0.313. The van der Waals surface area contributed by atoms with E-state index in [1.54, 1.807) is 27.5 Å². The summed E-state index contributed by atoms with van der Waals surface area (Å²) >= 11 is 0. The van der Waals surface area contributed by atoms with Crippen LogP contribution in [0.5, 0.6) is 23.1 Å². The van der Waals surface area contributed by atoms with Crippen LogP contribution in [0.1, 0.15) is 17.5 Å². The lowest BCUT2D eigenvalue weighted by molar-refractivity contribution is 0.288. The van der Waals surface area contributed by atoms with Crippen LogP contribution >= 0.6 is 0 Å². The molecule has 0 radical (unpaired) electrons. The van der Waals surface area contributed by atoms with Gasteiger partial charge in [0.2, 0.25) is 11.6 Å². The minimum Gasteiger partial charge on any atom is -0.493 e. The van der Waals surface area contributed by atoms with E-state index < -0.39 is 0 Å². The molecular weight excluding hydrogens is 334 g/mol. The molecular formula is C19H23N3O4. The maximum Gasteiger partial charge on any atom is 0.224 e. The molecule has 0 spiro atoms. The van der Waals surface area contributed by atoms with E-state index in [0.29, 0.717) is 29.7 Å². The van der Waals surface area contributed by atoms with Gasteiger partial charge in [0.1, 0.15) is 12.4 Å². The number of aromatic nitrogens is 1. The lowest BCUT2D eigenvalue weighted by Crippen LogP contribution is -2.30. The zero-order valence-electron chi connectivity index (χ0n) is 15.2. The molecule has 2 heterocycles. The fraction of sp³-hybridized carbons (Fsp3) is 0.368. The average molecular weight is 357 g/mol. The van der Waals surface area contributed by atoms with Gasteiger partial charge in [-0.15, -0.1) is 0 Å². The lowest BCUT2D eigenvalue weighted by atomic mass is 10.2. The van der Waals surface area contributed by atoms with Gasteiger partial charge >= 0.3 is 0 Å². The van der Waals surface area contributed by atoms with Crippen LogP contribution in [0.15, 0.2) is 35.5 Å². The van der Waals surface area contributed by atoms with E-state index in [4.69, 9.17) is 18.9 Å². The molecule has 1 aromatic heterocycles. The number of methoxy groups -OCH3 is 3. The number of ether oxygens (including phenoxy) is 4. The van der Waals surface area contributed by atoms with Gasteiger partial charge < -0.3 is 24.3 Å². The summed E-state index contributed by atoms with van der Waals surface area (Å²) < 4.78 is 22.1. The average Bonchev–Trinajstić information content (AvgIpc) is 2.72. The molecule has 0 amide bonds. The van der Waals surface area contributed by atoms with Crippen LogP contribution < -0.4 is 24.3 Å². The largest absolute Gasteiger partial charge is 0.493 e. The van der Waals surface area contributed by atoms with Crippen molar-refractivity contribution < 1.29 is 18.9 Å². The van der Waals surface area contributed by atoms with E-state index in [9.17, 15) is 0 Å². The molecule has 1 aliphatic rings. The van der Waals surface area contributed by atoms with Crippen molar-refractivity contribution in [3.8, 4) is 23.1 Å². The summed E-state index contributed by atoms with van der Waals surface area (Å²) in [5.74, 6) is 3.09. The van der Waals surface area contributed by atoms with Crippen LogP contribution in [0.3, 0.4) is 0 Å². The highest BCUT2D eigenvalue weighted by Gasteiger charge is 2.16. The number of benzene rings is 1. The lowest BCUT2D eigenvalue weighted by Gasteiger charge is -2.17. The zero-order chi connectivity index (χ0) is 18.4. The quantitative estimate of drug-likeness (QED) is 0.820. The van der Waals surface area contributed by atoms with Gasteiger partial charge in [0, 0.05) is 19.3 Å². The number of hydrogen-bond donors (Lipinski definition) is 1. The standard InChI is InChI=1S/C19H23N3O4/c1-23-15-10-13(11-16(24-2)17(15)25-3)12-26-19-14(6-4-7-22-19)18-20-8-5-9-21-18/h4,6-7,10-11H,5,8-9,12H2,1-3H3,(H,20,21). The summed E-state index contributed by atoms with van der Waals surface area (Å²) in [5, 5.41) is 3.30. The van der Waals surface area contributed by atoms with Gasteiger partial charge in [0.05, 0.1) is 26.9 Å². The maximum atomic E-state index is 5.97. The van der Waals surface area contributed by atoms with Crippen molar-refractivity contribution in [3.05, 3.63) is 41.6 Å². The van der Waals surface area contributed by atoms with E-state index in [2.05, 4.69) is 15.3 Å². The van der Waals surface area contributed by atoms with E-state index in [1.807, 2.05) is 24.3 Å². The molecule has 1 N–H and O–H groups in total. The number of nitrogens with zero attached hydrogens (tertiary/aromatic N) is 2. The Morgan fingerprint density at radius 1 is 1.08 bits per heavy atom. The highest BCUT2D eigenvalue weighted by atomic mass is 16.5. The summed E-state index contributed by atoms with van der Waals surface area (Å²) in [6, 6.07) is 7.55. The van der Waals surface area contributed by atoms with Crippen molar-refractivity contribution >= 4 is 5.84 Å². The van der Waals surface area contributed by atoms with Crippen LogP contribution in [0.25, 0.3) is 0 Å². The third kappa shape index (κ3) is 3.82. The fourth-order valence-corrected chi connectivity index (χ4v) is 2.77. The molecule has 26 heavy (non-hydrogen) atoms. The highest BCUT2D eigenvalue weighted by molar-refractivity contribution is 6.00. The summed E-state index contributed by atoms with van der Waals surface area (Å²) in [5.41, 5.74) is 1.74. The number of aliphatic imine (C=N–C) groups is 1. The first-order valence-electron chi connectivity index (χ1n) is 8.42. The molecule has 0 aliphatic carbocycles. The monoisotopic (exact) mass is 357 g/mol. The number of amidine groups is 1.